The molecule has 32 heavy (non-hydrogen) atoms. The summed E-state index contributed by atoms with van der Waals surface area (Å²) in [6, 6.07) is 8.38. The fourth-order valence-corrected chi connectivity index (χ4v) is 5.65. The van der Waals surface area contributed by atoms with Crippen molar-refractivity contribution < 1.29 is 18.8 Å². The van der Waals surface area contributed by atoms with Crippen LogP contribution in [0.4, 0.5) is 0 Å². The van der Waals surface area contributed by atoms with Crippen molar-refractivity contribution in [2.24, 2.45) is 5.92 Å². The number of hydrogen-bond donors (Lipinski definition) is 1. The van der Waals surface area contributed by atoms with E-state index in [4.69, 9.17) is 14.0 Å². The minimum Gasteiger partial charge on any atom is -0.461 e. The lowest BCUT2D eigenvalue weighted by Crippen LogP contribution is -2.27. The molecule has 2 aromatic heterocycles. The van der Waals surface area contributed by atoms with Crippen molar-refractivity contribution in [2.45, 2.75) is 63.0 Å². The fraction of sp³-hybridized carbons (Fsp3) is 0.542. The third-order valence-electron chi connectivity index (χ3n) is 7.60. The maximum absolute atomic E-state index is 13.0. The zero-order valence-corrected chi connectivity index (χ0v) is 18.3. The first kappa shape index (κ1) is 19.8. The summed E-state index contributed by atoms with van der Waals surface area (Å²) in [5, 5.41) is 4.99. The number of carbonyl (C=O) groups excluding carboxylic acids is 1. The van der Waals surface area contributed by atoms with Crippen LogP contribution in [-0.4, -0.2) is 39.5 Å². The van der Waals surface area contributed by atoms with Gasteiger partial charge in [0, 0.05) is 17.5 Å². The van der Waals surface area contributed by atoms with Crippen molar-refractivity contribution in [2.75, 3.05) is 13.2 Å². The van der Waals surface area contributed by atoms with Crippen LogP contribution in [0.25, 0.3) is 10.9 Å². The molecule has 0 radical (unpaired) electrons. The SMILES string of the molecule is CCOC(=O)c1cc2cc([C@H]3CCOC4(CC4)C3)ccc2n1[C@@]1(c2noc(=O)[nH]2)C[C@H]1C. The molecule has 0 unspecified atom stereocenters. The molecule has 0 amide bonds. The number of benzene rings is 1. The van der Waals surface area contributed by atoms with E-state index >= 15 is 0 Å². The maximum atomic E-state index is 13.0. The minimum atomic E-state index is -0.631. The van der Waals surface area contributed by atoms with Crippen LogP contribution in [0.3, 0.4) is 0 Å². The number of rotatable bonds is 5. The number of esters is 1. The third kappa shape index (κ3) is 2.88. The minimum absolute atomic E-state index is 0.103. The Hall–Kier alpha value is -2.87. The van der Waals surface area contributed by atoms with E-state index in [-0.39, 0.29) is 17.5 Å². The smallest absolute Gasteiger partial charge is 0.438 e. The lowest BCUT2D eigenvalue weighted by molar-refractivity contribution is -0.0132. The van der Waals surface area contributed by atoms with Gasteiger partial charge in [0.15, 0.2) is 5.82 Å². The summed E-state index contributed by atoms with van der Waals surface area (Å²) < 4.78 is 18.2. The molecule has 168 valence electrons. The van der Waals surface area contributed by atoms with Crippen LogP contribution in [0.2, 0.25) is 0 Å². The molecular weight excluding hydrogens is 410 g/mol. The van der Waals surface area contributed by atoms with E-state index in [0.29, 0.717) is 24.0 Å². The standard InChI is InChI=1S/C24H27N3O5/c1-3-30-20(28)19-11-17-10-15(16-6-9-31-23(13-16)7-8-23)4-5-18(17)27(19)24(12-14(24)2)21-25-22(29)32-26-21/h4-5,10-11,14,16H,3,6-9,12-13H2,1-2H3,(H,25,26,29)/t14-,16+,24+/m1/s1. The van der Waals surface area contributed by atoms with Gasteiger partial charge in [-0.2, -0.15) is 0 Å². The Morgan fingerprint density at radius 1 is 1.31 bits per heavy atom. The molecule has 1 aromatic carbocycles. The van der Waals surface area contributed by atoms with E-state index < -0.39 is 11.3 Å². The number of aromatic amines is 1. The van der Waals surface area contributed by atoms with Crippen LogP contribution < -0.4 is 5.76 Å². The normalized spacial score (nSPS) is 28.2. The zero-order valence-electron chi connectivity index (χ0n) is 18.3. The van der Waals surface area contributed by atoms with E-state index in [1.165, 1.54) is 5.56 Å². The van der Waals surface area contributed by atoms with Crippen molar-refractivity contribution in [1.29, 1.82) is 0 Å². The summed E-state index contributed by atoms with van der Waals surface area (Å²) in [4.78, 5) is 27.4. The largest absolute Gasteiger partial charge is 0.461 e. The summed E-state index contributed by atoms with van der Waals surface area (Å²) in [5.74, 6) is 0.117. The first-order valence-corrected chi connectivity index (χ1v) is 11.5. The molecule has 8 nitrogen and oxygen atoms in total. The predicted octanol–water partition coefficient (Wildman–Crippen LogP) is 3.70. The summed E-state index contributed by atoms with van der Waals surface area (Å²) >= 11 is 0. The van der Waals surface area contributed by atoms with Crippen molar-refractivity contribution in [3.05, 3.63) is 51.9 Å². The van der Waals surface area contributed by atoms with E-state index in [9.17, 15) is 9.59 Å². The summed E-state index contributed by atoms with van der Waals surface area (Å²) in [6.45, 7) is 4.97. The van der Waals surface area contributed by atoms with Gasteiger partial charge in [-0.25, -0.2) is 9.59 Å². The maximum Gasteiger partial charge on any atom is 0.438 e. The summed E-state index contributed by atoms with van der Waals surface area (Å²) in [6.07, 6.45) is 5.14. The first-order chi connectivity index (χ1) is 15.5. The van der Waals surface area contributed by atoms with Gasteiger partial charge < -0.3 is 14.0 Å². The topological polar surface area (TPSA) is 99.3 Å². The van der Waals surface area contributed by atoms with Crippen LogP contribution in [0, 0.1) is 5.92 Å². The number of hydrogen-bond acceptors (Lipinski definition) is 6. The number of nitrogens with one attached hydrogen (secondary N) is 1. The molecule has 0 bridgehead atoms. The second-order valence-corrected chi connectivity index (χ2v) is 9.60. The van der Waals surface area contributed by atoms with Crippen molar-refractivity contribution in [3.63, 3.8) is 0 Å². The monoisotopic (exact) mass is 437 g/mol. The second kappa shape index (κ2) is 6.81. The Morgan fingerprint density at radius 2 is 2.12 bits per heavy atom. The van der Waals surface area contributed by atoms with E-state index in [0.717, 1.165) is 49.6 Å². The lowest BCUT2D eigenvalue weighted by atomic mass is 9.87. The molecule has 3 atom stereocenters. The highest BCUT2D eigenvalue weighted by molar-refractivity contribution is 5.96. The van der Waals surface area contributed by atoms with Crippen LogP contribution in [0.15, 0.2) is 33.6 Å². The lowest BCUT2D eigenvalue weighted by Gasteiger charge is -2.30. The first-order valence-electron chi connectivity index (χ1n) is 11.5. The molecule has 1 saturated heterocycles. The molecule has 1 spiro atoms. The second-order valence-electron chi connectivity index (χ2n) is 9.60. The quantitative estimate of drug-likeness (QED) is 0.611. The Balaban J connectivity index is 1.48. The molecule has 3 fully saturated rings. The van der Waals surface area contributed by atoms with Crippen molar-refractivity contribution in [1.82, 2.24) is 14.7 Å². The highest BCUT2D eigenvalue weighted by Crippen LogP contribution is 2.56. The highest BCUT2D eigenvalue weighted by atomic mass is 16.5. The van der Waals surface area contributed by atoms with E-state index in [1.807, 2.05) is 10.6 Å². The summed E-state index contributed by atoms with van der Waals surface area (Å²) in [7, 11) is 0. The van der Waals surface area contributed by atoms with Crippen LogP contribution in [0.1, 0.15) is 73.7 Å². The number of H-pyrrole nitrogens is 1. The molecule has 2 saturated carbocycles. The third-order valence-corrected chi connectivity index (χ3v) is 7.60. The average Bonchev–Trinajstić information content (AvgIpc) is 3.55. The van der Waals surface area contributed by atoms with Gasteiger partial charge in [0.2, 0.25) is 0 Å². The van der Waals surface area contributed by atoms with Crippen molar-refractivity contribution in [3.8, 4) is 0 Å². The van der Waals surface area contributed by atoms with E-state index in [2.05, 4.69) is 35.3 Å². The molecule has 3 aromatic rings. The molecular formula is C24H27N3O5. The summed E-state index contributed by atoms with van der Waals surface area (Å²) in [5.41, 5.74) is 2.16. The van der Waals surface area contributed by atoms with Gasteiger partial charge in [-0.15, -0.1) is 0 Å². The van der Waals surface area contributed by atoms with E-state index in [1.54, 1.807) is 6.92 Å². The fourth-order valence-electron chi connectivity index (χ4n) is 5.65. The molecule has 3 aliphatic rings. The average molecular weight is 437 g/mol. The number of ether oxygens (including phenoxy) is 2. The Kier molecular flexibility index (Phi) is 4.21. The number of aromatic nitrogens is 3. The molecule has 2 aliphatic carbocycles. The molecule has 1 aliphatic heterocycles. The van der Waals surface area contributed by atoms with Gasteiger partial charge in [0.25, 0.3) is 0 Å². The van der Waals surface area contributed by atoms with Crippen molar-refractivity contribution >= 4 is 16.9 Å². The number of nitrogens with zero attached hydrogens (tertiary/aromatic N) is 2. The number of carbonyl (C=O) groups is 1. The Bertz CT molecular complexity index is 1270. The molecule has 8 heteroatoms. The van der Waals surface area contributed by atoms with Gasteiger partial charge in [-0.05, 0) is 74.6 Å². The van der Waals surface area contributed by atoms with Gasteiger partial charge in [0.1, 0.15) is 11.2 Å². The van der Waals surface area contributed by atoms with Crippen LogP contribution in [0.5, 0.6) is 0 Å². The van der Waals surface area contributed by atoms with Gasteiger partial charge in [-0.1, -0.05) is 18.1 Å². The van der Waals surface area contributed by atoms with Gasteiger partial charge in [-0.3, -0.25) is 9.51 Å². The van der Waals surface area contributed by atoms with Crippen LogP contribution >= 0.6 is 0 Å². The molecule has 1 N–H and O–H groups in total. The van der Waals surface area contributed by atoms with Gasteiger partial charge >= 0.3 is 11.7 Å². The molecule has 3 heterocycles. The molecule has 6 rings (SSSR count). The van der Waals surface area contributed by atoms with Gasteiger partial charge in [0.05, 0.1) is 12.2 Å². The predicted molar refractivity (Wildman–Crippen MR) is 116 cm³/mol. The zero-order chi connectivity index (χ0) is 22.1. The van der Waals surface area contributed by atoms with Crippen LogP contribution in [-0.2, 0) is 15.0 Å². The number of fused-ring (bicyclic) bond motifs is 1. The Morgan fingerprint density at radius 3 is 2.78 bits per heavy atom. The Labute approximate surface area is 184 Å². The highest BCUT2D eigenvalue weighted by Gasteiger charge is 2.59.